The van der Waals surface area contributed by atoms with Crippen LogP contribution in [0, 0.1) is 0 Å². The molecule has 0 aliphatic rings. The molecule has 2 heteroatoms. The van der Waals surface area contributed by atoms with Crippen molar-refractivity contribution >= 4 is 5.71 Å². The Balaban J connectivity index is 3.14. The molecule has 29 valence electrons. The molecule has 1 radical (unpaired) electrons. The van der Waals surface area contributed by atoms with Crippen LogP contribution in [-0.2, 0) is 0 Å². The smallest absolute Gasteiger partial charge is 0.0337 e. The minimum absolute atomic E-state index is 0.796. The van der Waals surface area contributed by atoms with Gasteiger partial charge < -0.3 is 0 Å². The number of nitrogens with one attached hydrogen (secondary N) is 1. The summed E-state index contributed by atoms with van der Waals surface area (Å²) in [6, 6.07) is 0. The van der Waals surface area contributed by atoms with E-state index in [0.717, 1.165) is 5.71 Å². The molecule has 0 fully saturated rings. The first-order chi connectivity index (χ1) is 2.27. The van der Waals surface area contributed by atoms with Gasteiger partial charge in [-0.2, -0.15) is 5.10 Å². The molecule has 0 rings (SSSR count). The largest absolute Gasteiger partial charge is 0.205 e. The van der Waals surface area contributed by atoms with Gasteiger partial charge in [-0.05, 0) is 13.8 Å². The highest BCUT2D eigenvalue weighted by Crippen LogP contribution is 1.61. The zero-order chi connectivity index (χ0) is 4.28. The predicted octanol–water partition coefficient (Wildman–Crippen LogP) is 0.665. The molecule has 0 atom stereocenters. The summed E-state index contributed by atoms with van der Waals surface area (Å²) in [6.07, 6.45) is 0. The highest BCUT2D eigenvalue weighted by atomic mass is 15.1. The summed E-state index contributed by atoms with van der Waals surface area (Å²) < 4.78 is 0. The van der Waals surface area contributed by atoms with Crippen molar-refractivity contribution in [1.29, 1.82) is 0 Å². The van der Waals surface area contributed by atoms with Gasteiger partial charge >= 0.3 is 0 Å². The van der Waals surface area contributed by atoms with E-state index in [1.54, 1.807) is 13.8 Å². The molecule has 0 heterocycles. The van der Waals surface area contributed by atoms with E-state index in [-0.39, 0.29) is 0 Å². The number of hydrogen-bond acceptors (Lipinski definition) is 1. The van der Waals surface area contributed by atoms with Gasteiger partial charge in [-0.3, -0.25) is 0 Å². The fourth-order valence-electron chi connectivity index (χ4n) is 0. The van der Waals surface area contributed by atoms with Gasteiger partial charge in [-0.15, -0.1) is 0 Å². The molecular weight excluding hydrogens is 64.0 g/mol. The lowest BCUT2D eigenvalue weighted by atomic mass is 10.5. The molecule has 2 nitrogen and oxygen atoms in total. The molecule has 0 spiro atoms. The van der Waals surface area contributed by atoms with E-state index >= 15 is 0 Å². The van der Waals surface area contributed by atoms with Crippen LogP contribution in [0.1, 0.15) is 13.8 Å². The Hall–Kier alpha value is -0.530. The van der Waals surface area contributed by atoms with Crippen LogP contribution in [0.15, 0.2) is 5.10 Å². The standard InChI is InChI=1S/C3H7N2/c1-3(2)5-4/h4H,1-2H3. The first-order valence-electron chi connectivity index (χ1n) is 1.45. The van der Waals surface area contributed by atoms with Crippen molar-refractivity contribution in [3.63, 3.8) is 0 Å². The second-order valence-corrected chi connectivity index (χ2v) is 1.06. The van der Waals surface area contributed by atoms with E-state index in [2.05, 4.69) is 5.10 Å². The molecule has 0 aromatic heterocycles. The Morgan fingerprint density at radius 1 is 1.60 bits per heavy atom. The topological polar surface area (TPSA) is 36.2 Å². The first-order valence-corrected chi connectivity index (χ1v) is 1.45. The lowest BCUT2D eigenvalue weighted by Gasteiger charge is -1.71. The number of nitrogens with zero attached hydrogens (tertiary/aromatic N) is 1. The maximum Gasteiger partial charge on any atom is 0.0337 e. The summed E-state index contributed by atoms with van der Waals surface area (Å²) in [5.74, 6) is 6.25. The first kappa shape index (κ1) is 4.47. The predicted molar refractivity (Wildman–Crippen MR) is 21.9 cm³/mol. The molecule has 0 aliphatic carbocycles. The zero-order valence-electron chi connectivity index (χ0n) is 3.45. The molecular formula is C3H7N2. The Bertz CT molecular complexity index is 42.9. The third-order valence-corrected chi connectivity index (χ3v) is 0.224. The van der Waals surface area contributed by atoms with Crippen molar-refractivity contribution in [2.75, 3.05) is 0 Å². The van der Waals surface area contributed by atoms with Gasteiger partial charge in [-0.1, -0.05) is 0 Å². The van der Waals surface area contributed by atoms with Crippen molar-refractivity contribution < 1.29 is 0 Å². The van der Waals surface area contributed by atoms with Crippen LogP contribution in [0.2, 0.25) is 0 Å². The van der Waals surface area contributed by atoms with E-state index in [1.165, 1.54) is 0 Å². The van der Waals surface area contributed by atoms with Crippen molar-refractivity contribution in [3.8, 4) is 0 Å². The van der Waals surface area contributed by atoms with Gasteiger partial charge in [0.25, 0.3) is 0 Å². The van der Waals surface area contributed by atoms with Crippen molar-refractivity contribution in [2.24, 2.45) is 5.10 Å². The maximum atomic E-state index is 6.25. The summed E-state index contributed by atoms with van der Waals surface area (Å²) >= 11 is 0. The SMILES string of the molecule is CC(C)=N[NH]. The Morgan fingerprint density at radius 3 is 1.80 bits per heavy atom. The van der Waals surface area contributed by atoms with Crippen LogP contribution in [0.25, 0.3) is 0 Å². The van der Waals surface area contributed by atoms with Crippen LogP contribution < -0.4 is 5.84 Å². The number of rotatable bonds is 0. The molecule has 0 aromatic rings. The van der Waals surface area contributed by atoms with E-state index in [1.807, 2.05) is 0 Å². The summed E-state index contributed by atoms with van der Waals surface area (Å²) in [4.78, 5) is 0. The number of hydrogen-bond donors (Lipinski definition) is 0. The average Bonchev–Trinajstić information content (AvgIpc) is 1.38. The molecule has 1 N–H and O–H groups in total. The summed E-state index contributed by atoms with van der Waals surface area (Å²) in [5, 5.41) is 3.06. The molecule has 5 heavy (non-hydrogen) atoms. The van der Waals surface area contributed by atoms with Gasteiger partial charge in [0, 0.05) is 5.71 Å². The second-order valence-electron chi connectivity index (χ2n) is 1.06. The summed E-state index contributed by atoms with van der Waals surface area (Å²) in [7, 11) is 0. The quantitative estimate of drug-likeness (QED) is 0.297. The van der Waals surface area contributed by atoms with Gasteiger partial charge in [0.2, 0.25) is 0 Å². The van der Waals surface area contributed by atoms with E-state index in [0.29, 0.717) is 0 Å². The highest BCUT2D eigenvalue weighted by molar-refractivity contribution is 5.78. The van der Waals surface area contributed by atoms with Gasteiger partial charge in [0.1, 0.15) is 0 Å². The average molecular weight is 71.1 g/mol. The third-order valence-electron chi connectivity index (χ3n) is 0.224. The van der Waals surface area contributed by atoms with E-state index in [4.69, 9.17) is 5.84 Å². The molecule has 0 unspecified atom stereocenters. The lowest BCUT2D eigenvalue weighted by Crippen LogP contribution is -1.76. The molecule has 0 aromatic carbocycles. The molecule has 0 aliphatic heterocycles. The van der Waals surface area contributed by atoms with Crippen molar-refractivity contribution in [3.05, 3.63) is 0 Å². The maximum absolute atomic E-state index is 6.25. The van der Waals surface area contributed by atoms with Crippen molar-refractivity contribution in [1.82, 2.24) is 5.84 Å². The van der Waals surface area contributed by atoms with Crippen molar-refractivity contribution in [2.45, 2.75) is 13.8 Å². The van der Waals surface area contributed by atoms with Gasteiger partial charge in [0.15, 0.2) is 0 Å². The third kappa shape index (κ3) is 3.47. The molecule has 0 bridgehead atoms. The monoisotopic (exact) mass is 71.1 g/mol. The molecule has 0 saturated carbocycles. The lowest BCUT2D eigenvalue weighted by molar-refractivity contribution is 1.17. The molecule has 0 amide bonds. The van der Waals surface area contributed by atoms with Crippen LogP contribution >= 0.6 is 0 Å². The highest BCUT2D eigenvalue weighted by Gasteiger charge is 1.64. The van der Waals surface area contributed by atoms with Crippen LogP contribution in [0.5, 0.6) is 0 Å². The van der Waals surface area contributed by atoms with Gasteiger partial charge in [0.05, 0.1) is 0 Å². The fourth-order valence-corrected chi connectivity index (χ4v) is 0. The minimum Gasteiger partial charge on any atom is -0.205 e. The normalized spacial score (nSPS) is 6.80. The fraction of sp³-hybridized carbons (Fsp3) is 0.667. The molecule has 0 saturated heterocycles. The minimum atomic E-state index is 0.796. The van der Waals surface area contributed by atoms with E-state index < -0.39 is 0 Å². The van der Waals surface area contributed by atoms with E-state index in [9.17, 15) is 0 Å². The summed E-state index contributed by atoms with van der Waals surface area (Å²) in [6.45, 7) is 3.57. The Morgan fingerprint density at radius 2 is 1.80 bits per heavy atom. The second kappa shape index (κ2) is 1.76. The zero-order valence-corrected chi connectivity index (χ0v) is 3.45. The Kier molecular flexibility index (Phi) is 1.57. The van der Waals surface area contributed by atoms with Crippen LogP contribution in [0.4, 0.5) is 0 Å². The Labute approximate surface area is 31.7 Å². The summed E-state index contributed by atoms with van der Waals surface area (Å²) in [5.41, 5.74) is 0.796. The van der Waals surface area contributed by atoms with Gasteiger partial charge in [-0.25, -0.2) is 5.84 Å². The van der Waals surface area contributed by atoms with Crippen LogP contribution in [-0.4, -0.2) is 5.71 Å². The van der Waals surface area contributed by atoms with Crippen LogP contribution in [0.3, 0.4) is 0 Å².